The first-order valence-electron chi connectivity index (χ1n) is 12.6. The van der Waals surface area contributed by atoms with Gasteiger partial charge in [0.1, 0.15) is 17.1 Å². The van der Waals surface area contributed by atoms with Crippen LogP contribution in [0.5, 0.6) is 17.4 Å². The summed E-state index contributed by atoms with van der Waals surface area (Å²) in [6.45, 7) is 8.40. The molecule has 0 unspecified atom stereocenters. The van der Waals surface area contributed by atoms with Crippen molar-refractivity contribution in [3.05, 3.63) is 96.2 Å². The molecule has 0 atom stereocenters. The Hall–Kier alpha value is -3.69. The fourth-order valence-electron chi connectivity index (χ4n) is 5.06. The molecule has 38 heavy (non-hydrogen) atoms. The van der Waals surface area contributed by atoms with Crippen LogP contribution in [0.2, 0.25) is 0 Å². The third-order valence-electron chi connectivity index (χ3n) is 6.89. The van der Waals surface area contributed by atoms with E-state index in [4.69, 9.17) is 9.72 Å². The second-order valence-corrected chi connectivity index (χ2v) is 9.99. The van der Waals surface area contributed by atoms with E-state index in [9.17, 15) is 5.11 Å². The van der Waals surface area contributed by atoms with Crippen LogP contribution in [0, 0.1) is 6.07 Å². The van der Waals surface area contributed by atoms with Gasteiger partial charge in [0.05, 0.1) is 0 Å². The van der Waals surface area contributed by atoms with Crippen LogP contribution in [-0.4, -0.2) is 19.6 Å². The smallest absolute Gasteiger partial charge is 0.217 e. The number of benzene rings is 3. The first kappa shape index (κ1) is 25.9. The van der Waals surface area contributed by atoms with Gasteiger partial charge in [-0.2, -0.15) is 6.07 Å². The predicted molar refractivity (Wildman–Crippen MR) is 149 cm³/mol. The van der Waals surface area contributed by atoms with Crippen LogP contribution in [0.25, 0.3) is 38.5 Å². The van der Waals surface area contributed by atoms with Gasteiger partial charge in [0.2, 0.25) is 5.88 Å². The Bertz CT molecular complexity index is 1780. The SMILES string of the molecule is CC(C)c1ccc2c(C(C)C)cc(Oc3[c-]c4c(cc3)c3ccccc3n4-c3ccccn3)nc2c1O.[Pt]. The van der Waals surface area contributed by atoms with E-state index in [0.29, 0.717) is 17.1 Å². The Morgan fingerprint density at radius 2 is 1.55 bits per heavy atom. The normalized spacial score (nSPS) is 11.5. The molecule has 6 aromatic rings. The van der Waals surface area contributed by atoms with E-state index in [1.165, 1.54) is 0 Å². The Labute approximate surface area is 236 Å². The van der Waals surface area contributed by atoms with Gasteiger partial charge in [0, 0.05) is 50.0 Å². The molecular weight excluding hydrogens is 653 g/mol. The van der Waals surface area contributed by atoms with Crippen molar-refractivity contribution in [3.8, 4) is 23.2 Å². The van der Waals surface area contributed by atoms with E-state index in [2.05, 4.69) is 67.6 Å². The molecule has 3 aromatic heterocycles. The second-order valence-electron chi connectivity index (χ2n) is 9.99. The average Bonchev–Trinajstić information content (AvgIpc) is 3.22. The minimum atomic E-state index is 0. The number of hydrogen-bond acceptors (Lipinski definition) is 4. The van der Waals surface area contributed by atoms with Gasteiger partial charge in [0.15, 0.2) is 0 Å². The number of para-hydroxylation sites is 1. The summed E-state index contributed by atoms with van der Waals surface area (Å²) in [5.74, 6) is 2.43. The van der Waals surface area contributed by atoms with Crippen LogP contribution in [0.1, 0.15) is 50.7 Å². The Balaban J connectivity index is 0.00000294. The topological polar surface area (TPSA) is 60.2 Å². The van der Waals surface area contributed by atoms with Crippen LogP contribution in [0.4, 0.5) is 0 Å². The summed E-state index contributed by atoms with van der Waals surface area (Å²) in [7, 11) is 0. The Kier molecular flexibility index (Phi) is 6.98. The van der Waals surface area contributed by atoms with Gasteiger partial charge in [-0.25, -0.2) is 9.97 Å². The molecule has 0 aliphatic heterocycles. The van der Waals surface area contributed by atoms with E-state index in [1.54, 1.807) is 6.20 Å². The number of hydrogen-bond donors (Lipinski definition) is 1. The van der Waals surface area contributed by atoms with Crippen LogP contribution in [0.15, 0.2) is 79.0 Å². The molecule has 3 aromatic carbocycles. The minimum Gasteiger partial charge on any atom is -0.505 e. The van der Waals surface area contributed by atoms with Gasteiger partial charge in [-0.15, -0.1) is 17.5 Å². The summed E-state index contributed by atoms with van der Waals surface area (Å²) in [5, 5.41) is 14.2. The molecule has 0 bridgehead atoms. The van der Waals surface area contributed by atoms with Crippen molar-refractivity contribution in [2.75, 3.05) is 0 Å². The number of aromatic hydroxyl groups is 1. The molecule has 6 heteroatoms. The average molecular weight is 682 g/mol. The molecule has 0 amide bonds. The number of phenols is 1. The van der Waals surface area contributed by atoms with Crippen molar-refractivity contribution in [2.45, 2.75) is 39.5 Å². The molecule has 0 aliphatic rings. The Morgan fingerprint density at radius 1 is 0.816 bits per heavy atom. The molecule has 5 nitrogen and oxygen atoms in total. The maximum atomic E-state index is 11.1. The number of aromatic nitrogens is 3. The second kappa shape index (κ2) is 10.2. The van der Waals surface area contributed by atoms with Crippen LogP contribution in [-0.2, 0) is 21.1 Å². The molecule has 6 rings (SSSR count). The number of pyridine rings is 2. The monoisotopic (exact) mass is 681 g/mol. The summed E-state index contributed by atoms with van der Waals surface area (Å²) in [4.78, 5) is 9.34. The Morgan fingerprint density at radius 3 is 2.29 bits per heavy atom. The largest absolute Gasteiger partial charge is 0.505 e. The quantitative estimate of drug-likeness (QED) is 0.186. The first-order valence-corrected chi connectivity index (χ1v) is 12.6. The zero-order chi connectivity index (χ0) is 25.7. The van der Waals surface area contributed by atoms with E-state index in [1.807, 2.05) is 48.5 Å². The standard InChI is InChI=1S/C32H28N3O2.Pt/c1-19(2)22-14-15-25-26(20(3)4)18-30(34-31(25)32(22)36)37-21-12-13-24-23-9-5-6-10-27(23)35(28(24)17-21)29-11-7-8-16-33-29;/h5-16,18-20,36H,1-4H3;/q-1;. The van der Waals surface area contributed by atoms with Crippen LogP contribution >= 0.6 is 0 Å². The van der Waals surface area contributed by atoms with Crippen molar-refractivity contribution < 1.29 is 30.9 Å². The number of nitrogens with zero attached hydrogens (tertiary/aromatic N) is 3. The minimum absolute atomic E-state index is 0. The number of ether oxygens (including phenoxy) is 1. The summed E-state index contributed by atoms with van der Waals surface area (Å²) in [6, 6.07) is 27.6. The molecule has 0 radical (unpaired) electrons. The van der Waals surface area contributed by atoms with Gasteiger partial charge in [-0.1, -0.05) is 69.6 Å². The predicted octanol–water partition coefficient (Wildman–Crippen LogP) is 8.27. The van der Waals surface area contributed by atoms with E-state index < -0.39 is 0 Å². The van der Waals surface area contributed by atoms with Crippen LogP contribution in [0.3, 0.4) is 0 Å². The van der Waals surface area contributed by atoms with Crippen molar-refractivity contribution >= 4 is 32.7 Å². The van der Waals surface area contributed by atoms with Gasteiger partial charge >= 0.3 is 0 Å². The molecule has 194 valence electrons. The molecule has 3 heterocycles. The van der Waals surface area contributed by atoms with E-state index in [-0.39, 0.29) is 38.7 Å². The van der Waals surface area contributed by atoms with Gasteiger partial charge in [0.25, 0.3) is 0 Å². The maximum Gasteiger partial charge on any atom is 0.217 e. The number of phenolic OH excluding ortho intramolecular Hbond substituents is 1. The maximum absolute atomic E-state index is 11.1. The number of fused-ring (bicyclic) bond motifs is 4. The van der Waals surface area contributed by atoms with Crippen molar-refractivity contribution in [1.29, 1.82) is 0 Å². The van der Waals surface area contributed by atoms with Gasteiger partial charge < -0.3 is 14.4 Å². The summed E-state index contributed by atoms with van der Waals surface area (Å²) >= 11 is 0. The van der Waals surface area contributed by atoms with E-state index >= 15 is 0 Å². The zero-order valence-electron chi connectivity index (χ0n) is 21.7. The summed E-state index contributed by atoms with van der Waals surface area (Å²) in [6.07, 6.45) is 1.79. The van der Waals surface area contributed by atoms with Crippen molar-refractivity contribution in [3.63, 3.8) is 0 Å². The van der Waals surface area contributed by atoms with Crippen LogP contribution < -0.4 is 4.74 Å². The molecule has 0 saturated carbocycles. The van der Waals surface area contributed by atoms with Crippen molar-refractivity contribution in [2.24, 2.45) is 0 Å². The van der Waals surface area contributed by atoms with Gasteiger partial charge in [-0.05, 0) is 46.5 Å². The summed E-state index contributed by atoms with van der Waals surface area (Å²) < 4.78 is 8.42. The third kappa shape index (κ3) is 4.35. The van der Waals surface area contributed by atoms with Crippen molar-refractivity contribution in [1.82, 2.24) is 14.5 Å². The molecular formula is C32H28N3O2Pt-. The molecule has 0 spiro atoms. The molecule has 0 fully saturated rings. The number of rotatable bonds is 5. The van der Waals surface area contributed by atoms with Gasteiger partial charge in [-0.3, -0.25) is 0 Å². The summed E-state index contributed by atoms with van der Waals surface area (Å²) in [5.41, 5.74) is 4.46. The van der Waals surface area contributed by atoms with E-state index in [0.717, 1.165) is 44.1 Å². The first-order chi connectivity index (χ1) is 17.9. The fraction of sp³-hybridized carbons (Fsp3) is 0.188. The third-order valence-corrected chi connectivity index (χ3v) is 6.89. The fourth-order valence-corrected chi connectivity index (χ4v) is 5.06. The zero-order valence-corrected chi connectivity index (χ0v) is 23.9. The molecule has 0 saturated heterocycles. The molecule has 1 N–H and O–H groups in total. The molecule has 0 aliphatic carbocycles.